The van der Waals surface area contributed by atoms with Crippen LogP contribution in [0, 0.1) is 0 Å². The average molecular weight is 361 g/mol. The van der Waals surface area contributed by atoms with Crippen LogP contribution in [-0.2, 0) is 23.1 Å². The Hall–Kier alpha value is -0.730. The molecule has 2 aromatic rings. The lowest BCUT2D eigenvalue weighted by Crippen LogP contribution is -2.23. The van der Waals surface area contributed by atoms with E-state index >= 15 is 0 Å². The minimum Gasteiger partial charge on any atom is -0.326 e. The van der Waals surface area contributed by atoms with Crippen LogP contribution >= 0.6 is 27.3 Å². The molecule has 0 aliphatic heterocycles. The third kappa shape index (κ3) is 3.64. The van der Waals surface area contributed by atoms with E-state index in [4.69, 9.17) is 5.73 Å². The fourth-order valence-electron chi connectivity index (χ4n) is 1.51. The summed E-state index contributed by atoms with van der Waals surface area (Å²) in [5.74, 6) is 0. The Kier molecular flexibility index (Phi) is 4.75. The van der Waals surface area contributed by atoms with Gasteiger partial charge in [-0.2, -0.15) is 0 Å². The topological polar surface area (TPSA) is 72.2 Å². The number of rotatable bonds is 5. The molecule has 0 fully saturated rings. The molecular weight excluding hydrogens is 348 g/mol. The molecule has 19 heavy (non-hydrogen) atoms. The maximum absolute atomic E-state index is 12.1. The van der Waals surface area contributed by atoms with Gasteiger partial charge < -0.3 is 5.73 Å². The van der Waals surface area contributed by atoms with E-state index in [9.17, 15) is 8.42 Å². The lowest BCUT2D eigenvalue weighted by molar-refractivity contribution is 0.581. The Morgan fingerprint density at radius 1 is 1.32 bits per heavy atom. The molecule has 2 rings (SSSR count). The Morgan fingerprint density at radius 3 is 2.68 bits per heavy atom. The molecule has 0 bridgehead atoms. The predicted octanol–water partition coefficient (Wildman–Crippen LogP) is 2.45. The molecule has 0 saturated carbocycles. The van der Waals surface area contributed by atoms with Crippen LogP contribution in [0.3, 0.4) is 0 Å². The fraction of sp³-hybridized carbons (Fsp3) is 0.167. The van der Waals surface area contributed by atoms with Crippen molar-refractivity contribution >= 4 is 37.3 Å². The van der Waals surface area contributed by atoms with Crippen LogP contribution in [0.1, 0.15) is 10.4 Å². The summed E-state index contributed by atoms with van der Waals surface area (Å²) < 4.78 is 27.6. The van der Waals surface area contributed by atoms with Crippen molar-refractivity contribution in [2.45, 2.75) is 18.0 Å². The molecule has 3 N–H and O–H groups in total. The van der Waals surface area contributed by atoms with Gasteiger partial charge in [-0.3, -0.25) is 0 Å². The van der Waals surface area contributed by atoms with Gasteiger partial charge in [0.05, 0.1) is 4.90 Å². The Labute approximate surface area is 124 Å². The van der Waals surface area contributed by atoms with Crippen molar-refractivity contribution in [3.8, 4) is 0 Å². The zero-order valence-electron chi connectivity index (χ0n) is 9.97. The number of hydrogen-bond donors (Lipinski definition) is 2. The van der Waals surface area contributed by atoms with Crippen molar-refractivity contribution in [3.05, 3.63) is 50.6 Å². The third-order valence-corrected chi connectivity index (χ3v) is 5.81. The smallest absolute Gasteiger partial charge is 0.241 e. The van der Waals surface area contributed by atoms with E-state index in [0.29, 0.717) is 6.54 Å². The molecule has 0 spiro atoms. The molecule has 102 valence electrons. The first-order chi connectivity index (χ1) is 9.03. The maximum atomic E-state index is 12.1. The van der Waals surface area contributed by atoms with Gasteiger partial charge >= 0.3 is 0 Å². The van der Waals surface area contributed by atoms with Crippen molar-refractivity contribution in [1.82, 2.24) is 4.72 Å². The molecule has 0 saturated heterocycles. The summed E-state index contributed by atoms with van der Waals surface area (Å²) in [6.07, 6.45) is 0. The van der Waals surface area contributed by atoms with Crippen molar-refractivity contribution in [3.63, 3.8) is 0 Å². The SMILES string of the molecule is NCc1cc(S(=O)(=O)NCc2ccccc2Br)cs1. The maximum Gasteiger partial charge on any atom is 0.241 e. The second kappa shape index (κ2) is 6.15. The van der Waals surface area contributed by atoms with Crippen LogP contribution in [0.15, 0.2) is 45.1 Å². The largest absolute Gasteiger partial charge is 0.326 e. The van der Waals surface area contributed by atoms with Crippen LogP contribution in [0.25, 0.3) is 0 Å². The van der Waals surface area contributed by atoms with E-state index in [1.54, 1.807) is 11.4 Å². The predicted molar refractivity (Wildman–Crippen MR) is 80.4 cm³/mol. The summed E-state index contributed by atoms with van der Waals surface area (Å²) >= 11 is 4.73. The number of benzene rings is 1. The number of hydrogen-bond acceptors (Lipinski definition) is 4. The van der Waals surface area contributed by atoms with E-state index in [-0.39, 0.29) is 11.4 Å². The van der Waals surface area contributed by atoms with Gasteiger partial charge in [-0.25, -0.2) is 13.1 Å². The van der Waals surface area contributed by atoms with E-state index in [2.05, 4.69) is 20.7 Å². The molecule has 1 heterocycles. The molecule has 1 aromatic heterocycles. The summed E-state index contributed by atoms with van der Waals surface area (Å²) in [5, 5.41) is 1.60. The molecule has 0 aliphatic rings. The third-order valence-electron chi connectivity index (χ3n) is 2.55. The highest BCUT2D eigenvalue weighted by Gasteiger charge is 2.16. The monoisotopic (exact) mass is 360 g/mol. The van der Waals surface area contributed by atoms with Crippen LogP contribution in [0.5, 0.6) is 0 Å². The molecule has 7 heteroatoms. The Bertz CT molecular complexity index is 668. The van der Waals surface area contributed by atoms with E-state index in [1.807, 2.05) is 24.3 Å². The minimum atomic E-state index is -3.48. The summed E-state index contributed by atoms with van der Waals surface area (Å²) in [5.41, 5.74) is 6.37. The molecule has 4 nitrogen and oxygen atoms in total. The second-order valence-electron chi connectivity index (χ2n) is 3.87. The lowest BCUT2D eigenvalue weighted by Gasteiger charge is -2.06. The summed E-state index contributed by atoms with van der Waals surface area (Å²) in [7, 11) is -3.48. The van der Waals surface area contributed by atoms with Crippen molar-refractivity contribution in [2.75, 3.05) is 0 Å². The zero-order valence-corrected chi connectivity index (χ0v) is 13.2. The van der Waals surface area contributed by atoms with E-state index < -0.39 is 10.0 Å². The highest BCUT2D eigenvalue weighted by molar-refractivity contribution is 9.10. The van der Waals surface area contributed by atoms with Gasteiger partial charge in [-0.05, 0) is 17.7 Å². The van der Waals surface area contributed by atoms with Crippen molar-refractivity contribution < 1.29 is 8.42 Å². The van der Waals surface area contributed by atoms with Gasteiger partial charge in [0.25, 0.3) is 0 Å². The van der Waals surface area contributed by atoms with Crippen LogP contribution < -0.4 is 10.5 Å². The highest BCUT2D eigenvalue weighted by Crippen LogP contribution is 2.20. The number of nitrogens with two attached hydrogens (primary N) is 1. The fourth-order valence-corrected chi connectivity index (χ4v) is 4.09. The first-order valence-corrected chi connectivity index (χ1v) is 8.69. The van der Waals surface area contributed by atoms with Crippen molar-refractivity contribution in [2.24, 2.45) is 5.73 Å². The van der Waals surface area contributed by atoms with Gasteiger partial charge in [0.15, 0.2) is 0 Å². The van der Waals surface area contributed by atoms with Gasteiger partial charge in [-0.15, -0.1) is 11.3 Å². The summed E-state index contributed by atoms with van der Waals surface area (Å²) in [4.78, 5) is 1.12. The molecule has 0 amide bonds. The summed E-state index contributed by atoms with van der Waals surface area (Å²) in [6, 6.07) is 9.10. The Morgan fingerprint density at radius 2 is 2.05 bits per heavy atom. The molecule has 1 aromatic carbocycles. The zero-order chi connectivity index (χ0) is 13.9. The van der Waals surface area contributed by atoms with Gasteiger partial charge in [-0.1, -0.05) is 34.1 Å². The quantitative estimate of drug-likeness (QED) is 0.859. The number of halogens is 1. The summed E-state index contributed by atoms with van der Waals surface area (Å²) in [6.45, 7) is 0.599. The highest BCUT2D eigenvalue weighted by atomic mass is 79.9. The van der Waals surface area contributed by atoms with Gasteiger partial charge in [0.1, 0.15) is 0 Å². The molecule has 0 unspecified atom stereocenters. The minimum absolute atomic E-state index is 0.248. The van der Waals surface area contributed by atoms with E-state index in [1.165, 1.54) is 11.3 Å². The molecule has 0 aliphatic carbocycles. The van der Waals surface area contributed by atoms with E-state index in [0.717, 1.165) is 14.9 Å². The lowest BCUT2D eigenvalue weighted by atomic mass is 10.2. The van der Waals surface area contributed by atoms with Gasteiger partial charge in [0.2, 0.25) is 10.0 Å². The standard InChI is InChI=1S/C12H13BrN2O2S2/c13-12-4-2-1-3-9(12)7-15-19(16,17)11-5-10(6-14)18-8-11/h1-5,8,15H,6-7,14H2. The van der Waals surface area contributed by atoms with Crippen LogP contribution in [0.4, 0.5) is 0 Å². The Balaban J connectivity index is 2.12. The first-order valence-electron chi connectivity index (χ1n) is 5.53. The van der Waals surface area contributed by atoms with Crippen LogP contribution in [0.2, 0.25) is 0 Å². The van der Waals surface area contributed by atoms with Crippen LogP contribution in [-0.4, -0.2) is 8.42 Å². The van der Waals surface area contributed by atoms with Crippen molar-refractivity contribution in [1.29, 1.82) is 0 Å². The number of thiophene rings is 1. The number of nitrogens with one attached hydrogen (secondary N) is 1. The van der Waals surface area contributed by atoms with Gasteiger partial charge in [0, 0.05) is 27.8 Å². The first kappa shape index (κ1) is 14.7. The molecule has 0 radical (unpaired) electrons. The second-order valence-corrected chi connectivity index (χ2v) is 7.49. The normalized spacial score (nSPS) is 11.7. The average Bonchev–Trinajstić information content (AvgIpc) is 2.87. The molecule has 0 atom stereocenters. The number of sulfonamides is 1. The molecular formula is C12H13BrN2O2S2.